The maximum absolute atomic E-state index is 6.28. The van der Waals surface area contributed by atoms with Gasteiger partial charge >= 0.3 is 0 Å². The van der Waals surface area contributed by atoms with E-state index in [0.29, 0.717) is 5.82 Å². The van der Waals surface area contributed by atoms with Crippen molar-refractivity contribution in [2.24, 2.45) is 7.05 Å². The Hall–Kier alpha value is -1.86. The first-order valence-electron chi connectivity index (χ1n) is 7.71. The topological polar surface area (TPSA) is 70.4 Å². The zero-order valence-corrected chi connectivity index (χ0v) is 14.5. The van der Waals surface area contributed by atoms with Crippen LogP contribution in [-0.4, -0.2) is 25.8 Å². The largest absolute Gasteiger partial charge is 0.383 e. The van der Waals surface area contributed by atoms with E-state index in [-0.39, 0.29) is 6.10 Å². The van der Waals surface area contributed by atoms with Crippen molar-refractivity contribution in [3.63, 3.8) is 0 Å². The van der Waals surface area contributed by atoms with Crippen LogP contribution >= 0.6 is 15.9 Å². The highest BCUT2D eigenvalue weighted by Gasteiger charge is 2.24. The highest BCUT2D eigenvalue weighted by atomic mass is 79.9. The van der Waals surface area contributed by atoms with Crippen molar-refractivity contribution < 1.29 is 4.74 Å². The summed E-state index contributed by atoms with van der Waals surface area (Å²) in [6, 6.07) is 2.05. The Kier molecular flexibility index (Phi) is 3.61. The first-order valence-corrected chi connectivity index (χ1v) is 8.51. The second-order valence-electron chi connectivity index (χ2n) is 5.91. The van der Waals surface area contributed by atoms with E-state index >= 15 is 0 Å². The maximum atomic E-state index is 6.28. The van der Waals surface area contributed by atoms with Gasteiger partial charge in [0, 0.05) is 37.2 Å². The highest BCUT2D eigenvalue weighted by molar-refractivity contribution is 9.10. The molecule has 4 rings (SSSR count). The van der Waals surface area contributed by atoms with Crippen LogP contribution in [0.4, 0.5) is 5.82 Å². The Morgan fingerprint density at radius 3 is 2.96 bits per heavy atom. The number of halogens is 1. The lowest BCUT2D eigenvalue weighted by Crippen LogP contribution is -2.15. The van der Waals surface area contributed by atoms with Crippen molar-refractivity contribution in [1.82, 2.24) is 19.2 Å². The van der Waals surface area contributed by atoms with Gasteiger partial charge in [-0.1, -0.05) is 0 Å². The third-order valence-corrected chi connectivity index (χ3v) is 5.09. The molecule has 0 saturated carbocycles. The lowest BCUT2D eigenvalue weighted by atomic mass is 10.1. The summed E-state index contributed by atoms with van der Waals surface area (Å²) in [7, 11) is 1.99. The van der Waals surface area contributed by atoms with Gasteiger partial charge in [0.25, 0.3) is 0 Å². The van der Waals surface area contributed by atoms with Crippen LogP contribution in [0.25, 0.3) is 16.8 Å². The fraction of sp³-hybridized carbons (Fsp3) is 0.375. The number of anilines is 1. The molecule has 0 spiro atoms. The van der Waals surface area contributed by atoms with E-state index in [1.807, 2.05) is 36.3 Å². The smallest absolute Gasteiger partial charge is 0.165 e. The average molecular weight is 376 g/mol. The summed E-state index contributed by atoms with van der Waals surface area (Å²) in [5, 5.41) is 4.40. The fourth-order valence-corrected chi connectivity index (χ4v) is 3.56. The molecule has 3 aromatic heterocycles. The molecule has 120 valence electrons. The van der Waals surface area contributed by atoms with Gasteiger partial charge in [0.15, 0.2) is 5.65 Å². The standard InChI is InChI=1S/C16H18BrN5O/c1-21-6-5-10(9-21)11-8-19-22-15(18)13(17)14(20-16(11)22)12-4-2-3-7-23-12/h5-6,8-9,12H,2-4,7,18H2,1H3. The molecule has 6 nitrogen and oxygen atoms in total. The number of nitrogen functional groups attached to an aromatic ring is 1. The number of fused-ring (bicyclic) bond motifs is 1. The van der Waals surface area contributed by atoms with Gasteiger partial charge in [0.2, 0.25) is 0 Å². The molecular formula is C16H18BrN5O. The van der Waals surface area contributed by atoms with Crippen LogP contribution in [0.1, 0.15) is 31.1 Å². The molecule has 1 fully saturated rings. The molecule has 23 heavy (non-hydrogen) atoms. The van der Waals surface area contributed by atoms with Gasteiger partial charge in [-0.3, -0.25) is 0 Å². The molecule has 1 unspecified atom stereocenters. The zero-order valence-electron chi connectivity index (χ0n) is 12.9. The molecular weight excluding hydrogens is 358 g/mol. The zero-order chi connectivity index (χ0) is 16.0. The second kappa shape index (κ2) is 5.65. The third-order valence-electron chi connectivity index (χ3n) is 4.28. The van der Waals surface area contributed by atoms with Gasteiger partial charge in [0.05, 0.1) is 16.4 Å². The van der Waals surface area contributed by atoms with E-state index in [0.717, 1.165) is 52.8 Å². The predicted molar refractivity (Wildman–Crippen MR) is 92.1 cm³/mol. The molecule has 1 saturated heterocycles. The molecule has 7 heteroatoms. The van der Waals surface area contributed by atoms with E-state index in [1.54, 1.807) is 4.52 Å². The van der Waals surface area contributed by atoms with E-state index < -0.39 is 0 Å². The first kappa shape index (κ1) is 14.7. The quantitative estimate of drug-likeness (QED) is 0.745. The minimum atomic E-state index is -0.0102. The summed E-state index contributed by atoms with van der Waals surface area (Å²) >= 11 is 3.57. The van der Waals surface area contributed by atoms with Gasteiger partial charge in [-0.15, -0.1) is 0 Å². The number of aromatic nitrogens is 4. The lowest BCUT2D eigenvalue weighted by Gasteiger charge is -2.23. The van der Waals surface area contributed by atoms with Crippen molar-refractivity contribution in [1.29, 1.82) is 0 Å². The van der Waals surface area contributed by atoms with E-state index in [1.165, 1.54) is 0 Å². The molecule has 2 N–H and O–H groups in total. The Morgan fingerprint density at radius 2 is 2.26 bits per heavy atom. The van der Waals surface area contributed by atoms with E-state index in [4.69, 9.17) is 15.5 Å². The SMILES string of the molecule is Cn1ccc(-c2cnn3c(N)c(Br)c(C4CCCCO4)nc23)c1. The summed E-state index contributed by atoms with van der Waals surface area (Å²) in [4.78, 5) is 4.84. The molecule has 0 bridgehead atoms. The molecule has 0 aliphatic carbocycles. The molecule has 3 aromatic rings. The van der Waals surface area contributed by atoms with Crippen LogP contribution in [0.3, 0.4) is 0 Å². The van der Waals surface area contributed by atoms with Crippen LogP contribution in [0, 0.1) is 0 Å². The number of nitrogens with zero attached hydrogens (tertiary/aromatic N) is 4. The van der Waals surface area contributed by atoms with Gasteiger partial charge < -0.3 is 15.0 Å². The van der Waals surface area contributed by atoms with Crippen LogP contribution in [-0.2, 0) is 11.8 Å². The van der Waals surface area contributed by atoms with Crippen LogP contribution in [0.15, 0.2) is 29.1 Å². The average Bonchev–Trinajstić information content (AvgIpc) is 3.17. The Balaban J connectivity index is 1.89. The molecule has 1 aliphatic heterocycles. The number of aryl methyl sites for hydroxylation is 1. The van der Waals surface area contributed by atoms with Crippen LogP contribution in [0.5, 0.6) is 0 Å². The molecule has 0 radical (unpaired) electrons. The third kappa shape index (κ3) is 2.44. The molecule has 1 aliphatic rings. The minimum Gasteiger partial charge on any atom is -0.383 e. The maximum Gasteiger partial charge on any atom is 0.165 e. The van der Waals surface area contributed by atoms with Crippen LogP contribution in [0.2, 0.25) is 0 Å². The van der Waals surface area contributed by atoms with Gasteiger partial charge in [0.1, 0.15) is 11.9 Å². The number of ether oxygens (including phenoxy) is 1. The lowest BCUT2D eigenvalue weighted by molar-refractivity contribution is 0.0120. The highest BCUT2D eigenvalue weighted by Crippen LogP contribution is 2.36. The van der Waals surface area contributed by atoms with Gasteiger partial charge in [-0.2, -0.15) is 9.61 Å². The minimum absolute atomic E-state index is 0.0102. The number of rotatable bonds is 2. The second-order valence-corrected chi connectivity index (χ2v) is 6.70. The molecule has 0 aromatic carbocycles. The summed E-state index contributed by atoms with van der Waals surface area (Å²) in [5.41, 5.74) is 9.96. The monoisotopic (exact) mass is 375 g/mol. The van der Waals surface area contributed by atoms with E-state index in [2.05, 4.69) is 21.0 Å². The van der Waals surface area contributed by atoms with Gasteiger partial charge in [-0.25, -0.2) is 4.98 Å². The molecule has 4 heterocycles. The molecule has 0 amide bonds. The fourth-order valence-electron chi connectivity index (χ4n) is 3.05. The van der Waals surface area contributed by atoms with Crippen molar-refractivity contribution in [2.45, 2.75) is 25.4 Å². The van der Waals surface area contributed by atoms with Crippen molar-refractivity contribution in [2.75, 3.05) is 12.3 Å². The van der Waals surface area contributed by atoms with Gasteiger partial charge in [-0.05, 0) is 41.3 Å². The van der Waals surface area contributed by atoms with Crippen molar-refractivity contribution in [3.05, 3.63) is 34.8 Å². The van der Waals surface area contributed by atoms with Crippen molar-refractivity contribution >= 4 is 27.4 Å². The molecule has 1 atom stereocenters. The van der Waals surface area contributed by atoms with Crippen LogP contribution < -0.4 is 5.73 Å². The Morgan fingerprint density at radius 1 is 1.39 bits per heavy atom. The first-order chi connectivity index (χ1) is 11.1. The Labute approximate surface area is 142 Å². The van der Waals surface area contributed by atoms with Crippen molar-refractivity contribution in [3.8, 4) is 11.1 Å². The number of nitrogens with two attached hydrogens (primary N) is 1. The summed E-state index contributed by atoms with van der Waals surface area (Å²) in [6.45, 7) is 0.772. The summed E-state index contributed by atoms with van der Waals surface area (Å²) < 4.78 is 10.4. The normalized spacial score (nSPS) is 18.6. The summed E-state index contributed by atoms with van der Waals surface area (Å²) in [6.07, 6.45) is 9.08. The Bertz CT molecular complexity index is 863. The predicted octanol–water partition coefficient (Wildman–Crippen LogP) is 3.32. The van der Waals surface area contributed by atoms with E-state index in [9.17, 15) is 0 Å². The number of hydrogen-bond acceptors (Lipinski definition) is 4. The summed E-state index contributed by atoms with van der Waals surface area (Å²) in [5.74, 6) is 0.557. The number of hydrogen-bond donors (Lipinski definition) is 1.